The summed E-state index contributed by atoms with van der Waals surface area (Å²) in [5.41, 5.74) is -0.591. The van der Waals surface area contributed by atoms with Gasteiger partial charge < -0.3 is 9.30 Å². The zero-order chi connectivity index (χ0) is 15.0. The van der Waals surface area contributed by atoms with Crippen molar-refractivity contribution < 1.29 is 13.2 Å². The summed E-state index contributed by atoms with van der Waals surface area (Å²) < 4.78 is 39.9. The van der Waals surface area contributed by atoms with E-state index in [1.807, 2.05) is 0 Å². The maximum atomic E-state index is 12.8. The summed E-state index contributed by atoms with van der Waals surface area (Å²) in [5, 5.41) is 0. The van der Waals surface area contributed by atoms with Crippen LogP contribution in [0.3, 0.4) is 0 Å². The van der Waals surface area contributed by atoms with Crippen LogP contribution in [0, 0.1) is 0 Å². The lowest BCUT2D eigenvalue weighted by atomic mass is 10.0. The molecule has 3 rings (SSSR count). The van der Waals surface area contributed by atoms with Gasteiger partial charge in [-0.15, -0.1) is 0 Å². The Hall–Kier alpha value is -1.79. The fraction of sp³-hybridized carbons (Fsp3) is 0.571. The highest BCUT2D eigenvalue weighted by atomic mass is 19.4. The second-order valence-corrected chi connectivity index (χ2v) is 5.36. The first-order chi connectivity index (χ1) is 10.0. The smallest absolute Gasteiger partial charge is 0.351 e. The number of hydrogen-bond donors (Lipinski definition) is 0. The van der Waals surface area contributed by atoms with Crippen LogP contribution in [0.1, 0.15) is 38.3 Å². The Kier molecular flexibility index (Phi) is 3.51. The molecule has 0 N–H and O–H groups in total. The van der Waals surface area contributed by atoms with E-state index in [1.54, 1.807) is 0 Å². The summed E-state index contributed by atoms with van der Waals surface area (Å²) in [4.78, 5) is 10.2. The molecule has 2 aromatic rings. The van der Waals surface area contributed by atoms with Crippen molar-refractivity contribution in [2.24, 2.45) is 0 Å². The van der Waals surface area contributed by atoms with Crippen LogP contribution in [0.5, 0.6) is 0 Å². The molecule has 0 radical (unpaired) electrons. The highest BCUT2D eigenvalue weighted by Gasteiger charge is 2.35. The van der Waals surface area contributed by atoms with Crippen molar-refractivity contribution in [3.63, 3.8) is 0 Å². The summed E-state index contributed by atoms with van der Waals surface area (Å²) in [6, 6.07) is 0.323. The molecule has 1 aliphatic rings. The van der Waals surface area contributed by atoms with Gasteiger partial charge in [0.15, 0.2) is 17.2 Å². The van der Waals surface area contributed by atoms with E-state index in [1.165, 1.54) is 16.8 Å². The summed E-state index contributed by atoms with van der Waals surface area (Å²) in [7, 11) is 0. The van der Waals surface area contributed by atoms with Gasteiger partial charge in [0, 0.05) is 31.2 Å². The molecule has 0 aromatic carbocycles. The molecule has 4 nitrogen and oxygen atoms in total. The predicted octanol–water partition coefficient (Wildman–Crippen LogP) is 3.52. The molecule has 0 bridgehead atoms. The van der Waals surface area contributed by atoms with E-state index in [2.05, 4.69) is 21.8 Å². The van der Waals surface area contributed by atoms with Crippen LogP contribution < -0.4 is 4.90 Å². The molecule has 7 heteroatoms. The van der Waals surface area contributed by atoms with Gasteiger partial charge in [-0.2, -0.15) is 13.2 Å². The lowest BCUT2D eigenvalue weighted by Gasteiger charge is -2.36. The number of nitrogens with zero attached hydrogens (tertiary/aromatic N) is 4. The number of anilines is 1. The Morgan fingerprint density at radius 1 is 1.33 bits per heavy atom. The quantitative estimate of drug-likeness (QED) is 0.850. The molecule has 1 fully saturated rings. The lowest BCUT2D eigenvalue weighted by Crippen LogP contribution is -2.40. The average Bonchev–Trinajstić information content (AvgIpc) is 2.91. The van der Waals surface area contributed by atoms with E-state index in [4.69, 9.17) is 0 Å². The molecular formula is C14H17F3N4. The number of imidazole rings is 1. The Morgan fingerprint density at radius 3 is 2.86 bits per heavy atom. The number of aromatic nitrogens is 3. The Labute approximate surface area is 120 Å². The van der Waals surface area contributed by atoms with Gasteiger partial charge in [0.25, 0.3) is 0 Å². The van der Waals surface area contributed by atoms with Crippen molar-refractivity contribution >= 4 is 11.5 Å². The molecule has 1 atom stereocenters. The van der Waals surface area contributed by atoms with Gasteiger partial charge in [-0.3, -0.25) is 0 Å². The van der Waals surface area contributed by atoms with Crippen LogP contribution in [-0.2, 0) is 6.18 Å². The third kappa shape index (κ3) is 2.56. The fourth-order valence-electron chi connectivity index (χ4n) is 2.95. The minimum Gasteiger partial charge on any atom is -0.351 e. The molecule has 0 aliphatic carbocycles. The Bertz CT molecular complexity index is 635. The summed E-state index contributed by atoms with van der Waals surface area (Å²) in [6.45, 7) is 2.91. The average molecular weight is 298 g/mol. The van der Waals surface area contributed by atoms with Crippen LogP contribution in [0.4, 0.5) is 19.0 Å². The molecule has 1 aliphatic heterocycles. The number of hydrogen-bond acceptors (Lipinski definition) is 3. The van der Waals surface area contributed by atoms with Gasteiger partial charge in [-0.25, -0.2) is 9.97 Å². The van der Waals surface area contributed by atoms with Gasteiger partial charge in [0.2, 0.25) is 0 Å². The van der Waals surface area contributed by atoms with Crippen LogP contribution >= 0.6 is 0 Å². The van der Waals surface area contributed by atoms with Crippen LogP contribution in [0.25, 0.3) is 5.65 Å². The standard InChI is InChI=1S/C14H17F3N4/c1-2-10-5-3-4-7-21(10)12-13-19-11(14(15,16)17)9-20(13)8-6-18-12/h6,8-10H,2-5,7H2,1H3. The van der Waals surface area contributed by atoms with Gasteiger partial charge in [0.1, 0.15) is 0 Å². The maximum absolute atomic E-state index is 12.8. The molecule has 21 heavy (non-hydrogen) atoms. The third-order valence-corrected chi connectivity index (χ3v) is 4.02. The zero-order valence-electron chi connectivity index (χ0n) is 11.8. The van der Waals surface area contributed by atoms with Crippen molar-refractivity contribution in [2.45, 2.75) is 44.8 Å². The topological polar surface area (TPSA) is 33.4 Å². The van der Waals surface area contributed by atoms with Crippen molar-refractivity contribution in [3.05, 3.63) is 24.3 Å². The first-order valence-corrected chi connectivity index (χ1v) is 7.18. The lowest BCUT2D eigenvalue weighted by molar-refractivity contribution is -0.140. The Morgan fingerprint density at radius 2 is 2.14 bits per heavy atom. The monoisotopic (exact) mass is 298 g/mol. The highest BCUT2D eigenvalue weighted by Crippen LogP contribution is 2.32. The molecule has 2 aromatic heterocycles. The molecule has 0 spiro atoms. The number of rotatable bonds is 2. The van der Waals surface area contributed by atoms with E-state index in [-0.39, 0.29) is 5.65 Å². The number of fused-ring (bicyclic) bond motifs is 1. The van der Waals surface area contributed by atoms with Gasteiger partial charge >= 0.3 is 6.18 Å². The fourth-order valence-corrected chi connectivity index (χ4v) is 2.95. The van der Waals surface area contributed by atoms with E-state index < -0.39 is 11.9 Å². The molecule has 1 saturated heterocycles. The molecular weight excluding hydrogens is 281 g/mol. The van der Waals surface area contributed by atoms with Crippen LogP contribution in [-0.4, -0.2) is 27.0 Å². The van der Waals surface area contributed by atoms with Crippen molar-refractivity contribution in [2.75, 3.05) is 11.4 Å². The second kappa shape index (κ2) is 5.20. The van der Waals surface area contributed by atoms with Crippen LogP contribution in [0.15, 0.2) is 18.6 Å². The van der Waals surface area contributed by atoms with Gasteiger partial charge in [-0.1, -0.05) is 6.92 Å². The van der Waals surface area contributed by atoms with Gasteiger partial charge in [-0.05, 0) is 25.7 Å². The van der Waals surface area contributed by atoms with Crippen molar-refractivity contribution in [1.29, 1.82) is 0 Å². The van der Waals surface area contributed by atoms with E-state index in [9.17, 15) is 13.2 Å². The van der Waals surface area contributed by atoms with Gasteiger partial charge in [0.05, 0.1) is 0 Å². The largest absolute Gasteiger partial charge is 0.434 e. The first-order valence-electron chi connectivity index (χ1n) is 7.18. The molecule has 0 amide bonds. The number of piperidine rings is 1. The molecule has 3 heterocycles. The molecule has 114 valence electrons. The highest BCUT2D eigenvalue weighted by molar-refractivity contribution is 5.65. The molecule has 1 unspecified atom stereocenters. The SMILES string of the molecule is CCC1CCCCN1c1nccn2cc(C(F)(F)F)nc12. The second-order valence-electron chi connectivity index (χ2n) is 5.36. The molecule has 0 saturated carbocycles. The van der Waals surface area contributed by atoms with E-state index in [0.717, 1.165) is 38.4 Å². The van der Waals surface area contributed by atoms with Crippen molar-refractivity contribution in [1.82, 2.24) is 14.4 Å². The Balaban J connectivity index is 2.07. The number of halogens is 3. The third-order valence-electron chi connectivity index (χ3n) is 4.02. The predicted molar refractivity (Wildman–Crippen MR) is 73.3 cm³/mol. The maximum Gasteiger partial charge on any atom is 0.434 e. The van der Waals surface area contributed by atoms with E-state index >= 15 is 0 Å². The summed E-state index contributed by atoms with van der Waals surface area (Å²) >= 11 is 0. The van der Waals surface area contributed by atoms with Crippen LogP contribution in [0.2, 0.25) is 0 Å². The minimum atomic E-state index is -4.44. The zero-order valence-corrected chi connectivity index (χ0v) is 11.8. The first kappa shape index (κ1) is 14.2. The minimum absolute atomic E-state index is 0.283. The van der Waals surface area contributed by atoms with E-state index in [0.29, 0.717) is 11.9 Å². The normalized spacial score (nSPS) is 20.2. The number of alkyl halides is 3. The summed E-state index contributed by atoms with van der Waals surface area (Å²) in [5.74, 6) is 0.555. The summed E-state index contributed by atoms with van der Waals surface area (Å²) in [6.07, 6.45) is 3.81. The van der Waals surface area contributed by atoms with Crippen molar-refractivity contribution in [3.8, 4) is 0 Å².